The monoisotopic (exact) mass is 137 g/mol. The van der Waals surface area contributed by atoms with Crippen LogP contribution in [0, 0.1) is 0 Å². The van der Waals surface area contributed by atoms with E-state index in [2.05, 4.69) is 17.0 Å². The lowest BCUT2D eigenvalue weighted by molar-refractivity contribution is 0.783. The van der Waals surface area contributed by atoms with Gasteiger partial charge in [0.15, 0.2) is 0 Å². The largest absolute Gasteiger partial charge is 0.318 e. The fourth-order valence-electron chi connectivity index (χ4n) is 0.623. The molecule has 3 heteroatoms. The van der Waals surface area contributed by atoms with Crippen molar-refractivity contribution in [2.45, 2.75) is 13.0 Å². The van der Waals surface area contributed by atoms with E-state index in [1.54, 1.807) is 17.2 Å². The van der Waals surface area contributed by atoms with Gasteiger partial charge in [-0.25, -0.2) is 4.98 Å². The van der Waals surface area contributed by atoms with Crippen molar-refractivity contribution in [2.75, 3.05) is 5.43 Å². The molecule has 1 aromatic heterocycles. The molecule has 1 rings (SSSR count). The second-order valence-electron chi connectivity index (χ2n) is 2.12. The Bertz CT molecular complexity index is 191. The highest BCUT2D eigenvalue weighted by molar-refractivity contribution is 4.93. The van der Waals surface area contributed by atoms with Crippen molar-refractivity contribution in [3.8, 4) is 0 Å². The molecule has 0 aromatic carbocycles. The zero-order valence-electron chi connectivity index (χ0n) is 5.99. The molecule has 0 aliphatic heterocycles. The summed E-state index contributed by atoms with van der Waals surface area (Å²) in [6.45, 7) is 5.67. The zero-order valence-corrected chi connectivity index (χ0v) is 5.99. The molecule has 0 bridgehead atoms. The fraction of sp³-hybridized carbons (Fsp3) is 0.286. The lowest BCUT2D eigenvalue weighted by atomic mass is 10.4. The van der Waals surface area contributed by atoms with E-state index >= 15 is 0 Å². The molecule has 0 aliphatic carbocycles. The van der Waals surface area contributed by atoms with Crippen LogP contribution >= 0.6 is 0 Å². The number of imidazole rings is 1. The van der Waals surface area contributed by atoms with Crippen molar-refractivity contribution in [2.24, 2.45) is 0 Å². The van der Waals surface area contributed by atoms with Crippen LogP contribution in [0.15, 0.2) is 31.4 Å². The molecule has 10 heavy (non-hydrogen) atoms. The molecule has 0 fully saturated rings. The summed E-state index contributed by atoms with van der Waals surface area (Å²) in [7, 11) is 0. The average molecular weight is 137 g/mol. The predicted octanol–water partition coefficient (Wildman–Crippen LogP) is 1.00. The van der Waals surface area contributed by atoms with E-state index < -0.39 is 0 Å². The molecule has 0 radical (unpaired) electrons. The molecular weight excluding hydrogens is 126 g/mol. The van der Waals surface area contributed by atoms with E-state index in [4.69, 9.17) is 0 Å². The summed E-state index contributed by atoms with van der Waals surface area (Å²) < 4.78 is 1.80. The van der Waals surface area contributed by atoms with Gasteiger partial charge in [-0.15, -0.1) is 6.58 Å². The quantitative estimate of drug-likeness (QED) is 0.630. The standard InChI is InChI=1S/C7H11N3/c1-3-7(2)9-10-5-4-8-6-10/h3-7,9H,1H2,2H3. The van der Waals surface area contributed by atoms with E-state index in [9.17, 15) is 0 Å². The van der Waals surface area contributed by atoms with Crippen molar-refractivity contribution in [1.82, 2.24) is 9.66 Å². The van der Waals surface area contributed by atoms with Gasteiger partial charge in [0.25, 0.3) is 0 Å². The van der Waals surface area contributed by atoms with Crippen molar-refractivity contribution in [3.05, 3.63) is 31.4 Å². The van der Waals surface area contributed by atoms with Gasteiger partial charge in [0.1, 0.15) is 6.33 Å². The molecule has 54 valence electrons. The number of hydrogen-bond donors (Lipinski definition) is 1. The van der Waals surface area contributed by atoms with Gasteiger partial charge in [-0.3, -0.25) is 4.68 Å². The third kappa shape index (κ3) is 1.62. The molecule has 1 atom stereocenters. The minimum Gasteiger partial charge on any atom is -0.318 e. The Kier molecular flexibility index (Phi) is 2.10. The van der Waals surface area contributed by atoms with E-state index in [0.29, 0.717) is 0 Å². The van der Waals surface area contributed by atoms with Crippen molar-refractivity contribution in [1.29, 1.82) is 0 Å². The first-order valence-electron chi connectivity index (χ1n) is 3.20. The van der Waals surface area contributed by atoms with Crippen LogP contribution in [0.25, 0.3) is 0 Å². The molecule has 1 heterocycles. The number of aromatic nitrogens is 2. The van der Waals surface area contributed by atoms with E-state index in [1.807, 2.05) is 19.2 Å². The van der Waals surface area contributed by atoms with E-state index in [0.717, 1.165) is 0 Å². The first kappa shape index (κ1) is 6.86. The molecule has 0 aliphatic rings. The second kappa shape index (κ2) is 3.06. The lowest BCUT2D eigenvalue weighted by Gasteiger charge is -2.09. The highest BCUT2D eigenvalue weighted by Gasteiger charge is 1.91. The summed E-state index contributed by atoms with van der Waals surface area (Å²) >= 11 is 0. The molecular formula is C7H11N3. The van der Waals surface area contributed by atoms with Gasteiger partial charge in [0, 0.05) is 12.4 Å². The topological polar surface area (TPSA) is 29.9 Å². The minimum atomic E-state index is 0.272. The van der Waals surface area contributed by atoms with Crippen LogP contribution in [0.5, 0.6) is 0 Å². The van der Waals surface area contributed by atoms with Gasteiger partial charge in [-0.2, -0.15) is 0 Å². The van der Waals surface area contributed by atoms with Gasteiger partial charge in [-0.1, -0.05) is 6.08 Å². The SMILES string of the molecule is C=CC(C)Nn1ccnc1. The van der Waals surface area contributed by atoms with Gasteiger partial charge >= 0.3 is 0 Å². The summed E-state index contributed by atoms with van der Waals surface area (Å²) in [6.07, 6.45) is 7.11. The van der Waals surface area contributed by atoms with Crippen molar-refractivity contribution in [3.63, 3.8) is 0 Å². The van der Waals surface area contributed by atoms with Gasteiger partial charge < -0.3 is 5.43 Å². The highest BCUT2D eigenvalue weighted by Crippen LogP contribution is 1.86. The summed E-state index contributed by atoms with van der Waals surface area (Å²) in [5.74, 6) is 0. The van der Waals surface area contributed by atoms with Crippen molar-refractivity contribution >= 4 is 0 Å². The number of nitrogens with zero attached hydrogens (tertiary/aromatic N) is 2. The number of rotatable bonds is 3. The minimum absolute atomic E-state index is 0.272. The molecule has 1 unspecified atom stereocenters. The smallest absolute Gasteiger partial charge is 0.114 e. The molecule has 0 amide bonds. The maximum Gasteiger partial charge on any atom is 0.114 e. The molecule has 3 nitrogen and oxygen atoms in total. The zero-order chi connectivity index (χ0) is 7.40. The van der Waals surface area contributed by atoms with Crippen molar-refractivity contribution < 1.29 is 0 Å². The summed E-state index contributed by atoms with van der Waals surface area (Å²) in [6, 6.07) is 0.272. The number of nitrogens with one attached hydrogen (secondary N) is 1. The second-order valence-corrected chi connectivity index (χ2v) is 2.12. The maximum atomic E-state index is 3.88. The Morgan fingerprint density at radius 2 is 2.60 bits per heavy atom. The predicted molar refractivity (Wildman–Crippen MR) is 41.2 cm³/mol. The summed E-state index contributed by atoms with van der Waals surface area (Å²) in [4.78, 5) is 3.88. The Hall–Kier alpha value is -1.25. The molecule has 1 aromatic rings. The summed E-state index contributed by atoms with van der Waals surface area (Å²) in [5, 5.41) is 0. The Labute approximate surface area is 60.4 Å². The normalized spacial score (nSPS) is 12.5. The molecule has 0 spiro atoms. The first-order chi connectivity index (χ1) is 4.83. The molecule has 0 saturated carbocycles. The Morgan fingerprint density at radius 3 is 3.10 bits per heavy atom. The number of hydrogen-bond acceptors (Lipinski definition) is 2. The van der Waals surface area contributed by atoms with Crippen LogP contribution in [-0.4, -0.2) is 15.7 Å². The lowest BCUT2D eigenvalue weighted by Crippen LogP contribution is -2.21. The van der Waals surface area contributed by atoms with Gasteiger partial charge in [0.2, 0.25) is 0 Å². The van der Waals surface area contributed by atoms with Gasteiger partial charge in [0.05, 0.1) is 6.04 Å². The van der Waals surface area contributed by atoms with Gasteiger partial charge in [-0.05, 0) is 6.92 Å². The van der Waals surface area contributed by atoms with Crippen LogP contribution in [0.4, 0.5) is 0 Å². The third-order valence-electron chi connectivity index (χ3n) is 1.21. The van der Waals surface area contributed by atoms with Crippen LogP contribution in [0.1, 0.15) is 6.92 Å². The Morgan fingerprint density at radius 1 is 1.80 bits per heavy atom. The van der Waals surface area contributed by atoms with Crippen LogP contribution in [0.3, 0.4) is 0 Å². The fourth-order valence-corrected chi connectivity index (χ4v) is 0.623. The van der Waals surface area contributed by atoms with Crippen LogP contribution < -0.4 is 5.43 Å². The third-order valence-corrected chi connectivity index (χ3v) is 1.21. The van der Waals surface area contributed by atoms with Crippen LogP contribution in [-0.2, 0) is 0 Å². The first-order valence-corrected chi connectivity index (χ1v) is 3.20. The molecule has 1 N–H and O–H groups in total. The van der Waals surface area contributed by atoms with E-state index in [-0.39, 0.29) is 6.04 Å². The summed E-state index contributed by atoms with van der Waals surface area (Å²) in [5.41, 5.74) is 3.11. The van der Waals surface area contributed by atoms with E-state index in [1.165, 1.54) is 0 Å². The average Bonchev–Trinajstić information content (AvgIpc) is 2.40. The Balaban J connectivity index is 2.47. The highest BCUT2D eigenvalue weighted by atomic mass is 15.4. The maximum absolute atomic E-state index is 3.88. The molecule has 0 saturated heterocycles. The van der Waals surface area contributed by atoms with Crippen LogP contribution in [0.2, 0.25) is 0 Å².